The number of para-hydroxylation sites is 1. The third-order valence-electron chi connectivity index (χ3n) is 5.90. The number of likely N-dealkylation sites (N-methyl/N-ethyl adjacent to an activating group) is 1. The number of carbonyl (C=O) groups excluding carboxylic acids is 3. The zero-order chi connectivity index (χ0) is 28.6. The highest BCUT2D eigenvalue weighted by Gasteiger charge is 2.32. The van der Waals surface area contributed by atoms with Crippen LogP contribution in [0.3, 0.4) is 0 Å². The van der Waals surface area contributed by atoms with Crippen LogP contribution >= 0.6 is 11.8 Å². The van der Waals surface area contributed by atoms with E-state index in [1.807, 2.05) is 38.1 Å². The largest absolute Gasteiger partial charge is 0.493 e. The Kier molecular flexibility index (Phi) is 9.23. The van der Waals surface area contributed by atoms with E-state index in [9.17, 15) is 14.4 Å². The van der Waals surface area contributed by atoms with Crippen molar-refractivity contribution in [3.8, 4) is 11.5 Å². The van der Waals surface area contributed by atoms with Crippen molar-refractivity contribution in [2.45, 2.75) is 13.8 Å². The molecule has 2 amide bonds. The number of amides is 2. The molecule has 10 heteroatoms. The van der Waals surface area contributed by atoms with Gasteiger partial charge in [0.15, 0.2) is 23.3 Å². The van der Waals surface area contributed by atoms with E-state index in [2.05, 4.69) is 10.3 Å². The van der Waals surface area contributed by atoms with Crippen LogP contribution in [0.1, 0.15) is 28.4 Å². The van der Waals surface area contributed by atoms with Gasteiger partial charge in [-0.2, -0.15) is 0 Å². The van der Waals surface area contributed by atoms with E-state index in [-0.39, 0.29) is 18.4 Å². The molecule has 3 aromatic carbocycles. The molecule has 1 aliphatic heterocycles. The molecule has 9 nitrogen and oxygen atoms in total. The molecule has 1 aliphatic rings. The number of benzene rings is 3. The van der Waals surface area contributed by atoms with E-state index in [0.717, 1.165) is 5.56 Å². The Hall–Kier alpha value is -4.57. The molecule has 0 unspecified atom stereocenters. The van der Waals surface area contributed by atoms with E-state index in [0.29, 0.717) is 50.6 Å². The fourth-order valence-electron chi connectivity index (χ4n) is 3.88. The highest BCUT2D eigenvalue weighted by molar-refractivity contribution is 8.18. The van der Waals surface area contributed by atoms with E-state index < -0.39 is 5.97 Å². The summed E-state index contributed by atoms with van der Waals surface area (Å²) < 4.78 is 16.2. The number of thioether (sulfide) groups is 1. The van der Waals surface area contributed by atoms with Crippen molar-refractivity contribution in [1.82, 2.24) is 4.90 Å². The summed E-state index contributed by atoms with van der Waals surface area (Å²) in [5.74, 6) is -0.261. The lowest BCUT2D eigenvalue weighted by Crippen LogP contribution is -2.28. The molecule has 1 N–H and O–H groups in total. The molecule has 206 valence electrons. The zero-order valence-electron chi connectivity index (χ0n) is 22.6. The number of nitrogens with zero attached hydrogens (tertiary/aromatic N) is 2. The molecule has 0 radical (unpaired) electrons. The highest BCUT2D eigenvalue weighted by atomic mass is 32.2. The summed E-state index contributed by atoms with van der Waals surface area (Å²) in [7, 11) is 2.82. The zero-order valence-corrected chi connectivity index (χ0v) is 23.4. The second-order valence-electron chi connectivity index (χ2n) is 8.68. The number of methoxy groups -OCH3 is 2. The predicted molar refractivity (Wildman–Crippen MR) is 156 cm³/mol. The first-order valence-electron chi connectivity index (χ1n) is 12.5. The van der Waals surface area contributed by atoms with Crippen LogP contribution in [0, 0.1) is 6.92 Å². The maximum Gasteiger partial charge on any atom is 0.337 e. The molecule has 40 heavy (non-hydrogen) atoms. The van der Waals surface area contributed by atoms with E-state index in [4.69, 9.17) is 14.2 Å². The molecule has 1 saturated heterocycles. The van der Waals surface area contributed by atoms with Gasteiger partial charge >= 0.3 is 5.97 Å². The van der Waals surface area contributed by atoms with Crippen LogP contribution in [0.2, 0.25) is 0 Å². The van der Waals surface area contributed by atoms with Crippen LogP contribution in [0.15, 0.2) is 76.6 Å². The van der Waals surface area contributed by atoms with Gasteiger partial charge in [0.05, 0.1) is 30.4 Å². The van der Waals surface area contributed by atoms with Gasteiger partial charge < -0.3 is 19.5 Å². The minimum atomic E-state index is -0.469. The van der Waals surface area contributed by atoms with Crippen molar-refractivity contribution in [2.24, 2.45) is 4.99 Å². The molecule has 0 spiro atoms. The summed E-state index contributed by atoms with van der Waals surface area (Å²) in [6.45, 7) is 3.97. The number of hydrogen-bond acceptors (Lipinski definition) is 8. The average Bonchev–Trinajstić information content (AvgIpc) is 3.25. The molecule has 0 aromatic heterocycles. The number of hydrogen-bond donors (Lipinski definition) is 1. The Labute approximate surface area is 236 Å². The number of amidine groups is 1. The van der Waals surface area contributed by atoms with Gasteiger partial charge in [-0.15, -0.1) is 0 Å². The van der Waals surface area contributed by atoms with Crippen LogP contribution in [0.25, 0.3) is 6.08 Å². The molecule has 0 bridgehead atoms. The third-order valence-corrected chi connectivity index (χ3v) is 6.90. The van der Waals surface area contributed by atoms with Gasteiger partial charge in [-0.25, -0.2) is 9.79 Å². The average molecular weight is 560 g/mol. The van der Waals surface area contributed by atoms with Gasteiger partial charge in [0.25, 0.3) is 11.8 Å². The van der Waals surface area contributed by atoms with Gasteiger partial charge in [-0.05, 0) is 68.1 Å². The van der Waals surface area contributed by atoms with E-state index in [1.54, 1.807) is 53.4 Å². The van der Waals surface area contributed by atoms with Crippen molar-refractivity contribution >= 4 is 52.2 Å². The molecule has 1 heterocycles. The fraction of sp³-hybridized carbons (Fsp3) is 0.200. The Balaban J connectivity index is 1.58. The molecule has 1 fully saturated rings. The van der Waals surface area contributed by atoms with Gasteiger partial charge in [0.2, 0.25) is 0 Å². The van der Waals surface area contributed by atoms with Crippen molar-refractivity contribution in [3.05, 3.63) is 88.3 Å². The Morgan fingerprint density at radius 1 is 1.05 bits per heavy atom. The second-order valence-corrected chi connectivity index (χ2v) is 9.69. The number of rotatable bonds is 9. The molecule has 0 saturated carbocycles. The normalized spacial score (nSPS) is 14.9. The third kappa shape index (κ3) is 6.70. The maximum absolute atomic E-state index is 13.3. The van der Waals surface area contributed by atoms with Crippen LogP contribution in [0.4, 0.5) is 11.4 Å². The van der Waals surface area contributed by atoms with Crippen molar-refractivity contribution in [2.75, 3.05) is 32.7 Å². The summed E-state index contributed by atoms with van der Waals surface area (Å²) in [5, 5.41) is 3.28. The number of ether oxygens (including phenoxy) is 3. The number of carbonyl (C=O) groups is 3. The first-order chi connectivity index (χ1) is 19.3. The van der Waals surface area contributed by atoms with Crippen LogP contribution in [-0.2, 0) is 14.3 Å². The minimum Gasteiger partial charge on any atom is -0.493 e. The summed E-state index contributed by atoms with van der Waals surface area (Å²) >= 11 is 1.21. The standard InChI is InChI=1S/C30H29N3O6S/c1-5-33-28(35)25(40-30(33)32-23-10-6-9-21(16-23)29(36)38-4)17-20-8-7-11-24(37-3)27(20)39-18-26(34)31-22-14-12-19(2)13-15-22/h6-17H,5,18H2,1-4H3,(H,31,34). The molecule has 3 aromatic rings. The molecular formula is C30H29N3O6S. The topological polar surface area (TPSA) is 107 Å². The van der Waals surface area contributed by atoms with Gasteiger partial charge in [-0.1, -0.05) is 35.9 Å². The lowest BCUT2D eigenvalue weighted by Gasteiger charge is -2.14. The summed E-state index contributed by atoms with van der Waals surface area (Å²) in [5.41, 5.74) is 3.20. The number of aliphatic imine (C=N–C) groups is 1. The highest BCUT2D eigenvalue weighted by Crippen LogP contribution is 2.38. The monoisotopic (exact) mass is 559 g/mol. The number of esters is 1. The smallest absolute Gasteiger partial charge is 0.337 e. The first kappa shape index (κ1) is 28.4. The van der Waals surface area contributed by atoms with E-state index in [1.165, 1.54) is 26.0 Å². The maximum atomic E-state index is 13.3. The van der Waals surface area contributed by atoms with Crippen molar-refractivity contribution in [1.29, 1.82) is 0 Å². The summed E-state index contributed by atoms with van der Waals surface area (Å²) in [4.78, 5) is 44.3. The van der Waals surface area contributed by atoms with Gasteiger partial charge in [0.1, 0.15) is 0 Å². The fourth-order valence-corrected chi connectivity index (χ4v) is 4.93. The molecule has 4 rings (SSSR count). The van der Waals surface area contributed by atoms with Crippen LogP contribution in [0.5, 0.6) is 11.5 Å². The Morgan fingerprint density at radius 2 is 1.80 bits per heavy atom. The second kappa shape index (κ2) is 13.0. The lowest BCUT2D eigenvalue weighted by atomic mass is 10.1. The lowest BCUT2D eigenvalue weighted by molar-refractivity contribution is -0.122. The minimum absolute atomic E-state index is 0.221. The number of anilines is 1. The first-order valence-corrected chi connectivity index (χ1v) is 13.3. The van der Waals surface area contributed by atoms with Crippen molar-refractivity contribution in [3.63, 3.8) is 0 Å². The Bertz CT molecular complexity index is 1480. The molecule has 0 atom stereocenters. The van der Waals surface area contributed by atoms with Gasteiger partial charge in [-0.3, -0.25) is 14.5 Å². The van der Waals surface area contributed by atoms with Crippen LogP contribution in [-0.4, -0.2) is 55.2 Å². The van der Waals surface area contributed by atoms with E-state index >= 15 is 0 Å². The predicted octanol–water partition coefficient (Wildman–Crippen LogP) is 5.43. The molecular weight excluding hydrogens is 530 g/mol. The Morgan fingerprint density at radius 3 is 2.50 bits per heavy atom. The van der Waals surface area contributed by atoms with Crippen LogP contribution < -0.4 is 14.8 Å². The summed E-state index contributed by atoms with van der Waals surface area (Å²) in [6.07, 6.45) is 1.69. The van der Waals surface area contributed by atoms with Gasteiger partial charge in [0, 0.05) is 17.8 Å². The number of aryl methyl sites for hydroxylation is 1. The summed E-state index contributed by atoms with van der Waals surface area (Å²) in [6, 6.07) is 19.4. The van der Waals surface area contributed by atoms with Crippen molar-refractivity contribution < 1.29 is 28.6 Å². The quantitative estimate of drug-likeness (QED) is 0.275. The number of nitrogens with one attached hydrogen (secondary N) is 1. The SMILES string of the molecule is CCN1C(=O)C(=Cc2cccc(OC)c2OCC(=O)Nc2ccc(C)cc2)SC1=Nc1cccc(C(=O)OC)c1. The molecule has 0 aliphatic carbocycles.